The average Bonchev–Trinajstić information content (AvgIpc) is 3.41. The molecule has 10 nitrogen and oxygen atoms in total. The summed E-state index contributed by atoms with van der Waals surface area (Å²) in [4.78, 5) is 22.4. The van der Waals surface area contributed by atoms with Crippen LogP contribution in [0.15, 0.2) is 36.7 Å². The Morgan fingerprint density at radius 1 is 1.14 bits per heavy atom. The molecule has 35 heavy (non-hydrogen) atoms. The molecule has 0 amide bonds. The van der Waals surface area contributed by atoms with Gasteiger partial charge < -0.3 is 25.0 Å². The standard InChI is InChI=1S/C25H30N6O4/c1-34-24-12-17(6-7-23(24)35-18-4-2-3-5-18)15-27-25-19-13-22(31(32)33)21(14-20(19)28-16-29-25)30-10-8-26-9-11-30/h6-7,12-14,16,18,26H,2-5,8-11,15H2,1H3,(H,27,28,29). The summed E-state index contributed by atoms with van der Waals surface area (Å²) in [6, 6.07) is 9.26. The summed E-state index contributed by atoms with van der Waals surface area (Å²) in [5.74, 6) is 2.00. The molecule has 0 unspecified atom stereocenters. The number of fused-ring (bicyclic) bond motifs is 1. The summed E-state index contributed by atoms with van der Waals surface area (Å²) in [7, 11) is 1.64. The van der Waals surface area contributed by atoms with Crippen LogP contribution < -0.4 is 25.0 Å². The lowest BCUT2D eigenvalue weighted by Gasteiger charge is -2.29. The Hall–Kier alpha value is -3.66. The summed E-state index contributed by atoms with van der Waals surface area (Å²) < 4.78 is 11.7. The van der Waals surface area contributed by atoms with Crippen LogP contribution >= 0.6 is 0 Å². The second-order valence-electron chi connectivity index (χ2n) is 8.94. The minimum Gasteiger partial charge on any atom is -0.493 e. The Labute approximate surface area is 203 Å². The minimum atomic E-state index is -0.332. The quantitative estimate of drug-likeness (QED) is 0.367. The molecule has 2 aromatic carbocycles. The molecule has 1 aliphatic carbocycles. The lowest BCUT2D eigenvalue weighted by molar-refractivity contribution is -0.384. The van der Waals surface area contributed by atoms with Gasteiger partial charge in [-0.2, -0.15) is 0 Å². The van der Waals surface area contributed by atoms with Crippen LogP contribution in [0.5, 0.6) is 11.5 Å². The van der Waals surface area contributed by atoms with Crippen molar-refractivity contribution in [2.24, 2.45) is 0 Å². The van der Waals surface area contributed by atoms with E-state index in [-0.39, 0.29) is 16.7 Å². The van der Waals surface area contributed by atoms with Gasteiger partial charge >= 0.3 is 0 Å². The lowest BCUT2D eigenvalue weighted by Crippen LogP contribution is -2.43. The van der Waals surface area contributed by atoms with E-state index in [0.29, 0.717) is 47.8 Å². The number of methoxy groups -OCH3 is 1. The van der Waals surface area contributed by atoms with Crippen molar-refractivity contribution in [3.05, 3.63) is 52.3 Å². The zero-order valence-corrected chi connectivity index (χ0v) is 19.8. The first-order valence-electron chi connectivity index (χ1n) is 12.1. The summed E-state index contributed by atoms with van der Waals surface area (Å²) in [6.07, 6.45) is 6.30. The van der Waals surface area contributed by atoms with Gasteiger partial charge in [0.2, 0.25) is 0 Å². The van der Waals surface area contributed by atoms with Gasteiger partial charge in [-0.1, -0.05) is 6.07 Å². The number of hydrogen-bond acceptors (Lipinski definition) is 9. The van der Waals surface area contributed by atoms with Crippen LogP contribution in [-0.4, -0.2) is 54.3 Å². The number of anilines is 2. The highest BCUT2D eigenvalue weighted by Crippen LogP contribution is 2.35. The van der Waals surface area contributed by atoms with Crippen molar-refractivity contribution in [3.8, 4) is 11.5 Å². The Morgan fingerprint density at radius 3 is 2.69 bits per heavy atom. The van der Waals surface area contributed by atoms with E-state index in [1.165, 1.54) is 19.2 Å². The number of ether oxygens (including phenoxy) is 2. The second kappa shape index (κ2) is 10.3. The fourth-order valence-electron chi connectivity index (χ4n) is 4.82. The van der Waals surface area contributed by atoms with Crippen molar-refractivity contribution in [3.63, 3.8) is 0 Å². The van der Waals surface area contributed by atoms with Crippen LogP contribution in [0.25, 0.3) is 10.9 Å². The molecule has 2 fully saturated rings. The SMILES string of the molecule is COc1cc(CNc2ncnc3cc(N4CCNCC4)c([N+](=O)[O-])cc23)ccc1OC1CCCC1. The van der Waals surface area contributed by atoms with Crippen molar-refractivity contribution in [2.75, 3.05) is 43.5 Å². The molecule has 5 rings (SSSR count). The number of nitro groups is 1. The lowest BCUT2D eigenvalue weighted by atomic mass is 10.1. The number of rotatable bonds is 8. The number of nitrogens with one attached hydrogen (secondary N) is 2. The Balaban J connectivity index is 1.38. The van der Waals surface area contributed by atoms with E-state index in [0.717, 1.165) is 37.2 Å². The van der Waals surface area contributed by atoms with Crippen LogP contribution in [0, 0.1) is 10.1 Å². The molecular formula is C25H30N6O4. The van der Waals surface area contributed by atoms with Crippen LogP contribution in [0.2, 0.25) is 0 Å². The highest BCUT2D eigenvalue weighted by molar-refractivity contribution is 5.94. The monoisotopic (exact) mass is 478 g/mol. The largest absolute Gasteiger partial charge is 0.493 e. The van der Waals surface area contributed by atoms with Crippen molar-refractivity contribution in [2.45, 2.75) is 38.3 Å². The molecule has 184 valence electrons. The first kappa shape index (κ1) is 23.1. The van der Waals surface area contributed by atoms with Gasteiger partial charge in [0.1, 0.15) is 17.8 Å². The molecule has 1 aliphatic heterocycles. The normalized spacial score (nSPS) is 16.4. The van der Waals surface area contributed by atoms with E-state index >= 15 is 0 Å². The molecule has 0 bridgehead atoms. The summed E-state index contributed by atoms with van der Waals surface area (Å²) in [6.45, 7) is 3.48. The third kappa shape index (κ3) is 5.07. The van der Waals surface area contributed by atoms with Gasteiger partial charge in [0.25, 0.3) is 5.69 Å². The highest BCUT2D eigenvalue weighted by atomic mass is 16.6. The number of nitro benzene ring substituents is 1. The van der Waals surface area contributed by atoms with E-state index in [1.54, 1.807) is 19.2 Å². The number of aromatic nitrogens is 2. The third-order valence-electron chi connectivity index (χ3n) is 6.67. The van der Waals surface area contributed by atoms with Gasteiger partial charge in [-0.15, -0.1) is 0 Å². The fourth-order valence-corrected chi connectivity index (χ4v) is 4.82. The molecular weight excluding hydrogens is 448 g/mol. The molecule has 1 saturated carbocycles. The van der Waals surface area contributed by atoms with Crippen LogP contribution in [0.4, 0.5) is 17.2 Å². The summed E-state index contributed by atoms with van der Waals surface area (Å²) in [5, 5.41) is 19.1. The molecule has 2 N–H and O–H groups in total. The zero-order valence-electron chi connectivity index (χ0n) is 19.8. The molecule has 0 spiro atoms. The van der Waals surface area contributed by atoms with Crippen LogP contribution in [0.1, 0.15) is 31.2 Å². The predicted octanol–water partition coefficient (Wildman–Crippen LogP) is 3.89. The van der Waals surface area contributed by atoms with Crippen molar-refractivity contribution in [1.82, 2.24) is 15.3 Å². The number of nitrogens with zero attached hydrogens (tertiary/aromatic N) is 4. The van der Waals surface area contributed by atoms with Crippen LogP contribution in [0.3, 0.4) is 0 Å². The van der Waals surface area contributed by atoms with Crippen molar-refractivity contribution in [1.29, 1.82) is 0 Å². The van der Waals surface area contributed by atoms with E-state index in [2.05, 4.69) is 20.6 Å². The van der Waals surface area contributed by atoms with E-state index in [9.17, 15) is 10.1 Å². The maximum atomic E-state index is 11.9. The topological polar surface area (TPSA) is 115 Å². The van der Waals surface area contributed by atoms with E-state index in [1.807, 2.05) is 23.1 Å². The van der Waals surface area contributed by atoms with Gasteiger partial charge in [-0.3, -0.25) is 10.1 Å². The molecule has 2 aliphatic rings. The molecule has 0 atom stereocenters. The first-order valence-corrected chi connectivity index (χ1v) is 12.1. The average molecular weight is 479 g/mol. The van der Waals surface area contributed by atoms with E-state index < -0.39 is 0 Å². The van der Waals surface area contributed by atoms with Crippen molar-refractivity contribution < 1.29 is 14.4 Å². The summed E-state index contributed by atoms with van der Waals surface area (Å²) in [5.41, 5.74) is 2.31. The second-order valence-corrected chi connectivity index (χ2v) is 8.94. The smallest absolute Gasteiger partial charge is 0.293 e. The summed E-state index contributed by atoms with van der Waals surface area (Å²) >= 11 is 0. The molecule has 0 radical (unpaired) electrons. The predicted molar refractivity (Wildman–Crippen MR) is 134 cm³/mol. The van der Waals surface area contributed by atoms with Gasteiger partial charge in [0.15, 0.2) is 11.5 Å². The van der Waals surface area contributed by atoms with Gasteiger partial charge in [0, 0.05) is 44.2 Å². The molecule has 3 aromatic rings. The van der Waals surface area contributed by atoms with Crippen molar-refractivity contribution >= 4 is 28.1 Å². The number of benzene rings is 2. The highest BCUT2D eigenvalue weighted by Gasteiger charge is 2.24. The van der Waals surface area contributed by atoms with E-state index in [4.69, 9.17) is 9.47 Å². The maximum Gasteiger partial charge on any atom is 0.293 e. The number of hydrogen-bond donors (Lipinski definition) is 2. The van der Waals surface area contributed by atoms with Gasteiger partial charge in [-0.05, 0) is 49.4 Å². The Kier molecular flexibility index (Phi) is 6.80. The number of piperazine rings is 1. The fraction of sp³-hybridized carbons (Fsp3) is 0.440. The Bertz CT molecular complexity index is 1210. The van der Waals surface area contributed by atoms with Gasteiger partial charge in [-0.25, -0.2) is 9.97 Å². The maximum absolute atomic E-state index is 11.9. The molecule has 2 heterocycles. The molecule has 10 heteroatoms. The zero-order chi connectivity index (χ0) is 24.2. The molecule has 1 aromatic heterocycles. The molecule has 1 saturated heterocycles. The third-order valence-corrected chi connectivity index (χ3v) is 6.67. The van der Waals surface area contributed by atoms with Gasteiger partial charge in [0.05, 0.1) is 23.7 Å². The Morgan fingerprint density at radius 2 is 1.94 bits per heavy atom. The first-order chi connectivity index (χ1) is 17.1. The minimum absolute atomic E-state index is 0.0623. The van der Waals surface area contributed by atoms with Crippen LogP contribution in [-0.2, 0) is 6.54 Å².